The highest BCUT2D eigenvalue weighted by atomic mass is 32.2. The molecule has 6 heteroatoms. The van der Waals surface area contributed by atoms with Crippen molar-refractivity contribution in [1.29, 1.82) is 0 Å². The van der Waals surface area contributed by atoms with E-state index in [1.807, 2.05) is 35.2 Å². The zero-order chi connectivity index (χ0) is 20.0. The van der Waals surface area contributed by atoms with Gasteiger partial charge in [-0.05, 0) is 73.9 Å². The minimum atomic E-state index is -3.63. The molecule has 2 aromatic carbocycles. The third-order valence-electron chi connectivity index (χ3n) is 6.55. The number of benzene rings is 2. The number of nitrogens with zero attached hydrogens (tertiary/aromatic N) is 2. The molecule has 5 rings (SSSR count). The van der Waals surface area contributed by atoms with Gasteiger partial charge in [-0.15, -0.1) is 0 Å². The van der Waals surface area contributed by atoms with E-state index in [1.54, 1.807) is 16.4 Å². The van der Waals surface area contributed by atoms with Crippen LogP contribution in [0.4, 0.5) is 11.4 Å². The van der Waals surface area contributed by atoms with Gasteiger partial charge in [-0.3, -0.25) is 9.10 Å². The molecule has 152 valence electrons. The maximum Gasteiger partial charge on any atom is 0.264 e. The van der Waals surface area contributed by atoms with E-state index in [9.17, 15) is 13.2 Å². The Morgan fingerprint density at radius 2 is 1.62 bits per heavy atom. The summed E-state index contributed by atoms with van der Waals surface area (Å²) in [5, 5.41) is 0. The number of carbonyl (C=O) groups excluding carboxylic acids is 1. The van der Waals surface area contributed by atoms with E-state index in [0.717, 1.165) is 74.0 Å². The van der Waals surface area contributed by atoms with E-state index in [-0.39, 0.29) is 11.8 Å². The molecule has 0 N–H and O–H groups in total. The second-order valence-corrected chi connectivity index (χ2v) is 10.2. The summed E-state index contributed by atoms with van der Waals surface area (Å²) >= 11 is 0. The van der Waals surface area contributed by atoms with Crippen molar-refractivity contribution >= 4 is 27.3 Å². The molecule has 1 saturated carbocycles. The molecule has 2 aliphatic heterocycles. The summed E-state index contributed by atoms with van der Waals surface area (Å²) in [5.41, 5.74) is 3.73. The first-order chi connectivity index (χ1) is 14.1. The number of carbonyl (C=O) groups is 1. The second-order valence-electron chi connectivity index (χ2n) is 8.32. The van der Waals surface area contributed by atoms with Crippen molar-refractivity contribution in [3.63, 3.8) is 0 Å². The number of para-hydroxylation sites is 1. The van der Waals surface area contributed by atoms with Crippen molar-refractivity contribution in [2.75, 3.05) is 22.3 Å². The Morgan fingerprint density at radius 3 is 2.41 bits per heavy atom. The largest absolute Gasteiger partial charge is 0.312 e. The van der Waals surface area contributed by atoms with Gasteiger partial charge in [-0.2, -0.15) is 0 Å². The molecule has 0 atom stereocenters. The van der Waals surface area contributed by atoms with E-state index >= 15 is 0 Å². The Labute approximate surface area is 172 Å². The topological polar surface area (TPSA) is 57.7 Å². The van der Waals surface area contributed by atoms with E-state index in [0.29, 0.717) is 11.4 Å². The van der Waals surface area contributed by atoms with E-state index in [4.69, 9.17) is 0 Å². The first-order valence-electron chi connectivity index (χ1n) is 10.6. The highest BCUT2D eigenvalue weighted by Gasteiger charge is 2.34. The third kappa shape index (κ3) is 3.14. The van der Waals surface area contributed by atoms with Crippen LogP contribution >= 0.6 is 0 Å². The Hall–Kier alpha value is -2.34. The highest BCUT2D eigenvalue weighted by molar-refractivity contribution is 7.92. The van der Waals surface area contributed by atoms with Gasteiger partial charge < -0.3 is 4.90 Å². The SMILES string of the molecule is O=C(C1CCC1)N1CCCc2cc(S(=O)(=O)N3CCCc4ccccc43)ccc21. The number of hydrogen-bond donors (Lipinski definition) is 0. The van der Waals surface area contributed by atoms with Crippen LogP contribution in [0.15, 0.2) is 47.4 Å². The van der Waals surface area contributed by atoms with E-state index in [2.05, 4.69) is 0 Å². The minimum absolute atomic E-state index is 0.147. The molecule has 0 bridgehead atoms. The molecule has 0 saturated heterocycles. The minimum Gasteiger partial charge on any atom is -0.312 e. The molecule has 0 spiro atoms. The average molecular weight is 411 g/mol. The first-order valence-corrected chi connectivity index (χ1v) is 12.0. The van der Waals surface area contributed by atoms with Crippen molar-refractivity contribution in [1.82, 2.24) is 0 Å². The fraction of sp³-hybridized carbons (Fsp3) is 0.435. The molecule has 0 unspecified atom stereocenters. The lowest BCUT2D eigenvalue weighted by atomic mass is 9.83. The lowest BCUT2D eigenvalue weighted by Crippen LogP contribution is -2.42. The summed E-state index contributed by atoms with van der Waals surface area (Å²) in [6.07, 6.45) is 6.50. The predicted molar refractivity (Wildman–Crippen MR) is 114 cm³/mol. The fourth-order valence-electron chi connectivity index (χ4n) is 4.71. The summed E-state index contributed by atoms with van der Waals surface area (Å²) < 4.78 is 28.5. The summed E-state index contributed by atoms with van der Waals surface area (Å²) in [6, 6.07) is 13.1. The van der Waals surface area contributed by atoms with E-state index in [1.165, 1.54) is 0 Å². The van der Waals surface area contributed by atoms with Gasteiger partial charge in [0.25, 0.3) is 10.0 Å². The molecule has 1 amide bonds. The number of anilines is 2. The molecule has 3 aliphatic rings. The Balaban J connectivity index is 1.49. The quantitative estimate of drug-likeness (QED) is 0.771. The van der Waals surface area contributed by atoms with Gasteiger partial charge in [0.15, 0.2) is 0 Å². The summed E-state index contributed by atoms with van der Waals surface area (Å²) in [7, 11) is -3.63. The Kier molecular flexibility index (Phi) is 4.62. The van der Waals surface area contributed by atoms with Crippen LogP contribution in [0.3, 0.4) is 0 Å². The number of sulfonamides is 1. The number of aryl methyl sites for hydroxylation is 2. The molecular weight excluding hydrogens is 384 g/mol. The Morgan fingerprint density at radius 1 is 0.862 bits per heavy atom. The van der Waals surface area contributed by atoms with Crippen LogP contribution in [0.25, 0.3) is 0 Å². The zero-order valence-electron chi connectivity index (χ0n) is 16.5. The van der Waals surface area contributed by atoms with Gasteiger partial charge in [0, 0.05) is 24.7 Å². The highest BCUT2D eigenvalue weighted by Crippen LogP contribution is 2.37. The molecule has 1 aliphatic carbocycles. The summed E-state index contributed by atoms with van der Waals surface area (Å²) in [4.78, 5) is 15.0. The Bertz CT molecular complexity index is 1060. The molecule has 1 fully saturated rings. The van der Waals surface area contributed by atoms with Crippen LogP contribution in [0.1, 0.15) is 43.2 Å². The second kappa shape index (κ2) is 7.17. The predicted octanol–water partition coefficient (Wildman–Crippen LogP) is 3.91. The van der Waals surface area contributed by atoms with Crippen molar-refractivity contribution in [2.24, 2.45) is 5.92 Å². The molecule has 0 aromatic heterocycles. The molecule has 2 aromatic rings. The number of rotatable bonds is 3. The number of fused-ring (bicyclic) bond motifs is 2. The fourth-order valence-corrected chi connectivity index (χ4v) is 6.31. The lowest BCUT2D eigenvalue weighted by Gasteiger charge is -2.36. The van der Waals surface area contributed by atoms with Crippen molar-refractivity contribution < 1.29 is 13.2 Å². The van der Waals surface area contributed by atoms with Crippen LogP contribution in [0.5, 0.6) is 0 Å². The molecular formula is C23H26N2O3S. The van der Waals surface area contributed by atoms with Crippen molar-refractivity contribution in [3.8, 4) is 0 Å². The van der Waals surface area contributed by atoms with Crippen LogP contribution in [-0.4, -0.2) is 27.4 Å². The van der Waals surface area contributed by atoms with Gasteiger partial charge in [0.1, 0.15) is 0 Å². The van der Waals surface area contributed by atoms with Gasteiger partial charge in [0.05, 0.1) is 10.6 Å². The average Bonchev–Trinajstić information content (AvgIpc) is 2.71. The van der Waals surface area contributed by atoms with Crippen LogP contribution in [0.2, 0.25) is 0 Å². The maximum atomic E-state index is 13.5. The van der Waals surface area contributed by atoms with Crippen LogP contribution in [0, 0.1) is 5.92 Å². The molecule has 2 heterocycles. The van der Waals surface area contributed by atoms with Crippen LogP contribution < -0.4 is 9.21 Å². The molecule has 29 heavy (non-hydrogen) atoms. The van der Waals surface area contributed by atoms with Crippen molar-refractivity contribution in [2.45, 2.75) is 49.8 Å². The van der Waals surface area contributed by atoms with Crippen molar-refractivity contribution in [3.05, 3.63) is 53.6 Å². The monoisotopic (exact) mass is 410 g/mol. The molecule has 5 nitrogen and oxygen atoms in total. The standard InChI is InChI=1S/C23H26N2O3S/c26-23(18-7-3-8-18)24-14-4-10-19-16-20(12-13-21(19)24)29(27,28)25-15-5-9-17-6-1-2-11-22(17)25/h1-2,6,11-13,16,18H,3-5,7-10,14-15H2. The first kappa shape index (κ1) is 18.7. The summed E-state index contributed by atoms with van der Waals surface area (Å²) in [5.74, 6) is 0.354. The molecule has 0 radical (unpaired) electrons. The summed E-state index contributed by atoms with van der Waals surface area (Å²) in [6.45, 7) is 1.23. The van der Waals surface area contributed by atoms with Gasteiger partial charge >= 0.3 is 0 Å². The van der Waals surface area contributed by atoms with Crippen LogP contribution in [-0.2, 0) is 27.7 Å². The van der Waals surface area contributed by atoms with E-state index < -0.39 is 10.0 Å². The number of amides is 1. The van der Waals surface area contributed by atoms with Gasteiger partial charge in [-0.1, -0.05) is 24.6 Å². The smallest absolute Gasteiger partial charge is 0.264 e. The number of hydrogen-bond acceptors (Lipinski definition) is 3. The lowest BCUT2D eigenvalue weighted by molar-refractivity contribution is -0.124. The van der Waals surface area contributed by atoms with Gasteiger partial charge in [-0.25, -0.2) is 8.42 Å². The maximum absolute atomic E-state index is 13.5. The normalized spacial score (nSPS) is 19.3. The zero-order valence-corrected chi connectivity index (χ0v) is 17.3. The van der Waals surface area contributed by atoms with Gasteiger partial charge in [0.2, 0.25) is 5.91 Å². The third-order valence-corrected chi connectivity index (χ3v) is 8.35.